The van der Waals surface area contributed by atoms with Crippen molar-refractivity contribution in [2.75, 3.05) is 56.4 Å². The standard InChI is InChI=1S/C18H22N5O6S/c1-27-12-11-13(30-9-23(11)16(19)24)15(21-2-4-28-5-3-21)20-14(12)18-6-10(7-29-18)22(8-18)17(25)26/h9-10H,2-8H2,1H3,(H2,19,24)(H,25,26)/t10-,18+/m0/s1. The second-order valence-electron chi connectivity index (χ2n) is 7.60. The molecule has 0 aliphatic carbocycles. The van der Waals surface area contributed by atoms with Crippen LogP contribution in [0.5, 0.6) is 5.75 Å². The first-order valence-corrected chi connectivity index (χ1v) is 10.5. The monoisotopic (exact) mass is 436 g/mol. The molecular formula is C18H22N5O6S. The number of methoxy groups -OCH3 is 1. The number of likely N-dealkylation sites (tertiary alicyclic amines) is 1. The van der Waals surface area contributed by atoms with Crippen molar-refractivity contribution in [3.05, 3.63) is 11.6 Å². The predicted molar refractivity (Wildman–Crippen MR) is 107 cm³/mol. The molecule has 3 fully saturated rings. The van der Waals surface area contributed by atoms with Crippen LogP contribution < -0.4 is 20.3 Å². The van der Waals surface area contributed by atoms with E-state index in [4.69, 9.17) is 24.9 Å². The Labute approximate surface area is 177 Å². The van der Waals surface area contributed by atoms with Crippen molar-refractivity contribution < 1.29 is 28.9 Å². The van der Waals surface area contributed by atoms with Gasteiger partial charge in [-0.3, -0.25) is 9.80 Å². The minimum Gasteiger partial charge on any atom is -0.492 e. The number of nitrogens with two attached hydrogens (primary N) is 1. The Morgan fingerprint density at radius 3 is 2.80 bits per heavy atom. The Morgan fingerprint density at radius 2 is 2.17 bits per heavy atom. The summed E-state index contributed by atoms with van der Waals surface area (Å²) in [4.78, 5) is 34.4. The quantitative estimate of drug-likeness (QED) is 0.713. The van der Waals surface area contributed by atoms with Gasteiger partial charge in [-0.05, 0) is 0 Å². The molecule has 2 atom stereocenters. The zero-order chi connectivity index (χ0) is 21.0. The van der Waals surface area contributed by atoms with Crippen LogP contribution in [0, 0.1) is 5.88 Å². The first-order valence-electron chi connectivity index (χ1n) is 9.62. The lowest BCUT2D eigenvalue weighted by Gasteiger charge is -2.35. The normalized spacial score (nSPS) is 27.5. The molecule has 3 saturated heterocycles. The summed E-state index contributed by atoms with van der Waals surface area (Å²) in [6, 6.07) is -0.867. The summed E-state index contributed by atoms with van der Waals surface area (Å²) >= 11 is 1.36. The zero-order valence-electron chi connectivity index (χ0n) is 16.4. The molecular weight excluding hydrogens is 414 g/mol. The fourth-order valence-electron chi connectivity index (χ4n) is 4.60. The maximum Gasteiger partial charge on any atom is 0.407 e. The van der Waals surface area contributed by atoms with Crippen molar-refractivity contribution in [3.8, 4) is 5.75 Å². The average molecular weight is 436 g/mol. The van der Waals surface area contributed by atoms with Gasteiger partial charge < -0.3 is 30.0 Å². The van der Waals surface area contributed by atoms with E-state index in [1.165, 1.54) is 28.7 Å². The van der Waals surface area contributed by atoms with E-state index in [9.17, 15) is 14.7 Å². The molecule has 1 aromatic heterocycles. The van der Waals surface area contributed by atoms with Crippen LogP contribution >= 0.6 is 11.8 Å². The Hall–Kier alpha value is -2.44. The fraction of sp³-hybridized carbons (Fsp3) is 0.556. The van der Waals surface area contributed by atoms with E-state index in [2.05, 4.69) is 4.90 Å². The molecule has 1 radical (unpaired) electrons. The number of pyridine rings is 1. The van der Waals surface area contributed by atoms with E-state index in [0.29, 0.717) is 62.3 Å². The molecule has 11 nitrogen and oxygen atoms in total. The Bertz CT molecular complexity index is 910. The van der Waals surface area contributed by atoms with Gasteiger partial charge in [0.2, 0.25) is 0 Å². The lowest BCUT2D eigenvalue weighted by molar-refractivity contribution is -0.0467. The van der Waals surface area contributed by atoms with Crippen molar-refractivity contribution in [1.29, 1.82) is 0 Å². The molecule has 3 amide bonds. The molecule has 1 aromatic rings. The molecule has 5 rings (SSSR count). The number of carboxylic acid groups (broad SMARTS) is 1. The molecule has 30 heavy (non-hydrogen) atoms. The van der Waals surface area contributed by atoms with E-state index >= 15 is 0 Å². The van der Waals surface area contributed by atoms with Gasteiger partial charge in [0.05, 0.1) is 44.4 Å². The van der Waals surface area contributed by atoms with Crippen molar-refractivity contribution in [2.24, 2.45) is 5.73 Å². The summed E-state index contributed by atoms with van der Waals surface area (Å²) in [5, 5.41) is 9.57. The number of ether oxygens (including phenoxy) is 3. The lowest BCUT2D eigenvalue weighted by Crippen LogP contribution is -2.44. The second-order valence-corrected chi connectivity index (χ2v) is 8.45. The van der Waals surface area contributed by atoms with Gasteiger partial charge in [0.15, 0.2) is 5.75 Å². The molecule has 0 aromatic carbocycles. The van der Waals surface area contributed by atoms with E-state index < -0.39 is 17.7 Å². The maximum atomic E-state index is 12.1. The third-order valence-corrected chi connectivity index (χ3v) is 6.92. The minimum absolute atomic E-state index is 0.158. The van der Waals surface area contributed by atoms with Gasteiger partial charge in [0, 0.05) is 19.5 Å². The number of carbonyl (C=O) groups excluding carboxylic acids is 1. The number of carbonyl (C=O) groups is 2. The number of aromatic nitrogens is 1. The van der Waals surface area contributed by atoms with Crippen molar-refractivity contribution in [1.82, 2.24) is 9.88 Å². The number of morpholine rings is 2. The highest BCUT2D eigenvalue weighted by molar-refractivity contribution is 8.02. The van der Waals surface area contributed by atoms with Gasteiger partial charge >= 0.3 is 12.1 Å². The average Bonchev–Trinajstić information content (AvgIpc) is 3.46. The van der Waals surface area contributed by atoms with Crippen LogP contribution in [-0.4, -0.2) is 79.7 Å². The number of rotatable bonds is 3. The van der Waals surface area contributed by atoms with Gasteiger partial charge in [0.25, 0.3) is 0 Å². The number of fused-ring (bicyclic) bond motifs is 3. The van der Waals surface area contributed by atoms with Crippen molar-refractivity contribution >= 4 is 35.4 Å². The largest absolute Gasteiger partial charge is 0.492 e. The fourth-order valence-corrected chi connectivity index (χ4v) is 5.60. The van der Waals surface area contributed by atoms with Gasteiger partial charge in [-0.1, -0.05) is 11.8 Å². The molecule has 2 bridgehead atoms. The lowest BCUT2D eigenvalue weighted by atomic mass is 9.96. The van der Waals surface area contributed by atoms with Gasteiger partial charge in [-0.2, -0.15) is 0 Å². The molecule has 0 unspecified atom stereocenters. The molecule has 12 heteroatoms. The highest BCUT2D eigenvalue weighted by Gasteiger charge is 2.57. The molecule has 3 N–H and O–H groups in total. The Kier molecular flexibility index (Phi) is 4.60. The summed E-state index contributed by atoms with van der Waals surface area (Å²) in [7, 11) is 1.50. The summed E-state index contributed by atoms with van der Waals surface area (Å²) in [6.45, 7) is 2.90. The molecule has 4 aliphatic heterocycles. The summed E-state index contributed by atoms with van der Waals surface area (Å²) < 4.78 is 17.3. The molecule has 0 saturated carbocycles. The van der Waals surface area contributed by atoms with Gasteiger partial charge in [-0.15, -0.1) is 0 Å². The molecule has 4 aliphatic rings. The number of thioether (sulfide) groups is 1. The minimum atomic E-state index is -0.985. The van der Waals surface area contributed by atoms with Crippen molar-refractivity contribution in [2.45, 2.75) is 23.0 Å². The number of hydrogen-bond acceptors (Lipinski definition) is 8. The SMILES string of the molecule is COc1c([C@]23C[C@@H](CO2)N(C(=O)O)C3)nc(N2CCOCC2)c2c1N(C(N)=O)[CH]S2. The summed E-state index contributed by atoms with van der Waals surface area (Å²) in [6.07, 6.45) is -0.501. The summed E-state index contributed by atoms with van der Waals surface area (Å²) in [5.74, 6) is 2.72. The van der Waals surface area contributed by atoms with Crippen LogP contribution in [-0.2, 0) is 15.1 Å². The number of urea groups is 1. The highest BCUT2D eigenvalue weighted by Crippen LogP contribution is 2.56. The Morgan fingerprint density at radius 1 is 1.40 bits per heavy atom. The number of primary amides is 1. The zero-order valence-corrected chi connectivity index (χ0v) is 17.2. The molecule has 0 spiro atoms. The third kappa shape index (κ3) is 2.77. The van der Waals surface area contributed by atoms with Crippen LogP contribution in [0.15, 0.2) is 4.90 Å². The smallest absolute Gasteiger partial charge is 0.407 e. The number of nitrogens with zero attached hydrogens (tertiary/aromatic N) is 4. The molecule has 5 heterocycles. The number of amides is 3. The summed E-state index contributed by atoms with van der Waals surface area (Å²) in [5.41, 5.74) is 5.71. The van der Waals surface area contributed by atoms with Crippen LogP contribution in [0.25, 0.3) is 0 Å². The van der Waals surface area contributed by atoms with Crippen LogP contribution in [0.1, 0.15) is 12.1 Å². The van der Waals surface area contributed by atoms with Crippen LogP contribution in [0.3, 0.4) is 0 Å². The van der Waals surface area contributed by atoms with E-state index in [0.717, 1.165) is 4.90 Å². The van der Waals surface area contributed by atoms with Gasteiger partial charge in [0.1, 0.15) is 28.7 Å². The highest BCUT2D eigenvalue weighted by atomic mass is 32.2. The first kappa shape index (κ1) is 19.5. The van der Waals surface area contributed by atoms with E-state index in [-0.39, 0.29) is 12.6 Å². The topological polar surface area (TPSA) is 131 Å². The number of hydrogen-bond donors (Lipinski definition) is 2. The maximum absolute atomic E-state index is 12.1. The van der Waals surface area contributed by atoms with E-state index in [1.54, 1.807) is 5.88 Å². The second kappa shape index (κ2) is 7.06. The van der Waals surface area contributed by atoms with Crippen LogP contribution in [0.2, 0.25) is 0 Å². The van der Waals surface area contributed by atoms with E-state index in [1.807, 2.05) is 0 Å². The Balaban J connectivity index is 1.68. The predicted octanol–water partition coefficient (Wildman–Crippen LogP) is 1.01. The molecule has 161 valence electrons. The number of anilines is 2. The third-order valence-electron chi connectivity index (χ3n) is 6.00. The first-order chi connectivity index (χ1) is 14.4. The van der Waals surface area contributed by atoms with Crippen LogP contribution in [0.4, 0.5) is 21.1 Å². The van der Waals surface area contributed by atoms with Crippen molar-refractivity contribution in [3.63, 3.8) is 0 Å². The van der Waals surface area contributed by atoms with Gasteiger partial charge in [-0.25, -0.2) is 14.6 Å².